The predicted octanol–water partition coefficient (Wildman–Crippen LogP) is 2.74. The van der Waals surface area contributed by atoms with Crippen molar-refractivity contribution in [3.8, 4) is 0 Å². The van der Waals surface area contributed by atoms with E-state index in [1.54, 1.807) is 0 Å². The number of nitrogens with two attached hydrogens (primary N) is 1. The molecule has 0 radical (unpaired) electrons. The molecule has 2 rings (SSSR count). The number of hydrogen-bond donors (Lipinski definition) is 1. The molecule has 15 heavy (non-hydrogen) atoms. The van der Waals surface area contributed by atoms with Gasteiger partial charge in [-0.2, -0.15) is 0 Å². The molecule has 82 valence electrons. The Morgan fingerprint density at radius 2 is 2.13 bits per heavy atom. The highest BCUT2D eigenvalue weighted by Gasteiger charge is 2.57. The lowest BCUT2D eigenvalue weighted by atomic mass is 10.0. The van der Waals surface area contributed by atoms with Crippen LogP contribution >= 0.6 is 11.6 Å². The van der Waals surface area contributed by atoms with E-state index in [-0.39, 0.29) is 5.41 Å². The monoisotopic (exact) mass is 224 g/mol. The summed E-state index contributed by atoms with van der Waals surface area (Å²) in [5, 5.41) is 0.643. The van der Waals surface area contributed by atoms with E-state index in [0.29, 0.717) is 17.0 Å². The van der Waals surface area contributed by atoms with Crippen molar-refractivity contribution in [1.82, 2.24) is 4.98 Å². The van der Waals surface area contributed by atoms with Crippen molar-refractivity contribution in [1.29, 1.82) is 0 Å². The van der Waals surface area contributed by atoms with Gasteiger partial charge in [0.15, 0.2) is 0 Å². The second-order valence-corrected chi connectivity index (χ2v) is 5.33. The Kier molecular flexibility index (Phi) is 2.52. The lowest BCUT2D eigenvalue weighted by molar-refractivity contribution is 0.558. The van der Waals surface area contributed by atoms with Gasteiger partial charge in [-0.1, -0.05) is 31.5 Å². The van der Waals surface area contributed by atoms with Gasteiger partial charge in [-0.25, -0.2) is 4.98 Å². The fraction of sp³-hybridized carbons (Fsp3) is 0.583. The maximum Gasteiger partial charge on any atom is 0.132 e. The maximum absolute atomic E-state index is 6.16. The lowest BCUT2D eigenvalue weighted by Gasteiger charge is -2.05. The molecule has 1 fully saturated rings. The number of pyridine rings is 1. The Bertz CT molecular complexity index is 387. The van der Waals surface area contributed by atoms with Gasteiger partial charge in [-0.05, 0) is 42.3 Å². The number of halogens is 1. The summed E-state index contributed by atoms with van der Waals surface area (Å²) in [4.78, 5) is 4.29. The molecule has 0 aromatic carbocycles. The second kappa shape index (κ2) is 3.46. The van der Waals surface area contributed by atoms with Crippen LogP contribution in [0.1, 0.15) is 31.0 Å². The Morgan fingerprint density at radius 1 is 1.47 bits per heavy atom. The van der Waals surface area contributed by atoms with Crippen LogP contribution in [0.4, 0.5) is 0 Å². The van der Waals surface area contributed by atoms with Crippen molar-refractivity contribution in [2.45, 2.75) is 26.7 Å². The standard InChI is InChI=1S/C12H17ClN2/c1-7-4-5-8(11(13)15-7)10-9(6-14)12(10,2)3/h4-5,9-10H,6,14H2,1-3H3. The number of rotatable bonds is 2. The minimum Gasteiger partial charge on any atom is -0.330 e. The maximum atomic E-state index is 6.16. The third-order valence-electron chi connectivity index (χ3n) is 3.66. The zero-order valence-electron chi connectivity index (χ0n) is 9.42. The van der Waals surface area contributed by atoms with Gasteiger partial charge in [0.1, 0.15) is 5.15 Å². The Balaban J connectivity index is 2.33. The van der Waals surface area contributed by atoms with Crippen LogP contribution in [0.15, 0.2) is 12.1 Å². The normalized spacial score (nSPS) is 27.8. The Hall–Kier alpha value is -0.600. The van der Waals surface area contributed by atoms with E-state index in [2.05, 4.69) is 24.9 Å². The fourth-order valence-corrected chi connectivity index (χ4v) is 2.88. The zero-order valence-corrected chi connectivity index (χ0v) is 10.2. The van der Waals surface area contributed by atoms with E-state index in [4.69, 9.17) is 17.3 Å². The first-order valence-corrected chi connectivity index (χ1v) is 5.69. The highest BCUT2D eigenvalue weighted by atomic mass is 35.5. The molecule has 0 bridgehead atoms. The molecule has 1 saturated carbocycles. The summed E-state index contributed by atoms with van der Waals surface area (Å²) < 4.78 is 0. The summed E-state index contributed by atoms with van der Waals surface area (Å²) in [7, 11) is 0. The molecule has 2 atom stereocenters. The van der Waals surface area contributed by atoms with Crippen LogP contribution in [0.3, 0.4) is 0 Å². The fourth-order valence-electron chi connectivity index (χ4n) is 2.57. The van der Waals surface area contributed by atoms with Gasteiger partial charge in [-0.3, -0.25) is 0 Å². The number of aryl methyl sites for hydroxylation is 1. The molecule has 0 spiro atoms. The van der Waals surface area contributed by atoms with E-state index < -0.39 is 0 Å². The first-order valence-electron chi connectivity index (χ1n) is 5.31. The smallest absolute Gasteiger partial charge is 0.132 e. The highest BCUT2D eigenvalue weighted by molar-refractivity contribution is 6.30. The summed E-state index contributed by atoms with van der Waals surface area (Å²) in [5.74, 6) is 1.02. The molecule has 1 aliphatic carbocycles. The zero-order chi connectivity index (χ0) is 11.2. The Morgan fingerprint density at radius 3 is 2.60 bits per heavy atom. The van der Waals surface area contributed by atoms with Crippen molar-refractivity contribution in [2.75, 3.05) is 6.54 Å². The lowest BCUT2D eigenvalue weighted by Crippen LogP contribution is -2.05. The average molecular weight is 225 g/mol. The van der Waals surface area contributed by atoms with E-state index in [1.807, 2.05) is 13.0 Å². The van der Waals surface area contributed by atoms with Crippen LogP contribution in [0.25, 0.3) is 0 Å². The van der Waals surface area contributed by atoms with E-state index >= 15 is 0 Å². The van der Waals surface area contributed by atoms with Crippen molar-refractivity contribution in [3.63, 3.8) is 0 Å². The second-order valence-electron chi connectivity index (χ2n) is 4.97. The largest absolute Gasteiger partial charge is 0.330 e. The molecule has 1 aromatic rings. The van der Waals surface area contributed by atoms with Crippen molar-refractivity contribution in [3.05, 3.63) is 28.5 Å². The highest BCUT2D eigenvalue weighted by Crippen LogP contribution is 2.64. The number of nitrogens with zero attached hydrogens (tertiary/aromatic N) is 1. The van der Waals surface area contributed by atoms with E-state index in [9.17, 15) is 0 Å². The predicted molar refractivity (Wildman–Crippen MR) is 63.1 cm³/mol. The molecule has 1 aromatic heterocycles. The molecule has 3 heteroatoms. The van der Waals surface area contributed by atoms with Crippen LogP contribution in [0.2, 0.25) is 5.15 Å². The number of aromatic nitrogens is 1. The van der Waals surface area contributed by atoms with Gasteiger partial charge in [0, 0.05) is 5.69 Å². The summed E-state index contributed by atoms with van der Waals surface area (Å²) in [5.41, 5.74) is 8.15. The van der Waals surface area contributed by atoms with Gasteiger partial charge in [0.25, 0.3) is 0 Å². The number of hydrogen-bond acceptors (Lipinski definition) is 2. The molecule has 2 unspecified atom stereocenters. The van der Waals surface area contributed by atoms with Gasteiger partial charge in [0.05, 0.1) is 0 Å². The van der Waals surface area contributed by atoms with Crippen LogP contribution in [0.5, 0.6) is 0 Å². The molecular weight excluding hydrogens is 208 g/mol. The van der Waals surface area contributed by atoms with Crippen LogP contribution in [-0.4, -0.2) is 11.5 Å². The quantitative estimate of drug-likeness (QED) is 0.785. The first kappa shape index (κ1) is 10.9. The van der Waals surface area contributed by atoms with Crippen LogP contribution in [0, 0.1) is 18.3 Å². The molecule has 1 heterocycles. The molecule has 2 nitrogen and oxygen atoms in total. The van der Waals surface area contributed by atoms with Crippen LogP contribution < -0.4 is 5.73 Å². The SMILES string of the molecule is Cc1ccc(C2C(CN)C2(C)C)c(Cl)n1. The molecule has 0 aliphatic heterocycles. The summed E-state index contributed by atoms with van der Waals surface area (Å²) in [6.07, 6.45) is 0. The van der Waals surface area contributed by atoms with Gasteiger partial charge in [0.2, 0.25) is 0 Å². The van der Waals surface area contributed by atoms with Gasteiger partial charge in [-0.15, -0.1) is 0 Å². The van der Waals surface area contributed by atoms with Crippen LogP contribution in [-0.2, 0) is 0 Å². The topological polar surface area (TPSA) is 38.9 Å². The van der Waals surface area contributed by atoms with Crippen molar-refractivity contribution >= 4 is 11.6 Å². The Labute approximate surface area is 95.8 Å². The third-order valence-corrected chi connectivity index (χ3v) is 3.96. The third kappa shape index (κ3) is 1.66. The summed E-state index contributed by atoms with van der Waals surface area (Å²) in [6.45, 7) is 7.16. The van der Waals surface area contributed by atoms with Gasteiger partial charge < -0.3 is 5.73 Å². The minimum atomic E-state index is 0.273. The molecule has 1 aliphatic rings. The van der Waals surface area contributed by atoms with E-state index in [1.165, 1.54) is 0 Å². The van der Waals surface area contributed by atoms with Crippen molar-refractivity contribution in [2.24, 2.45) is 17.1 Å². The first-order chi connectivity index (χ1) is 6.98. The van der Waals surface area contributed by atoms with Crippen molar-refractivity contribution < 1.29 is 0 Å². The average Bonchev–Trinajstić information content (AvgIpc) is 2.68. The minimum absolute atomic E-state index is 0.273. The van der Waals surface area contributed by atoms with E-state index in [0.717, 1.165) is 17.8 Å². The summed E-state index contributed by atoms with van der Waals surface area (Å²) >= 11 is 6.16. The van der Waals surface area contributed by atoms with Gasteiger partial charge >= 0.3 is 0 Å². The molecule has 0 amide bonds. The summed E-state index contributed by atoms with van der Waals surface area (Å²) in [6, 6.07) is 4.11. The molecule has 0 saturated heterocycles. The molecular formula is C12H17ClN2. The molecule has 2 N–H and O–H groups in total.